The van der Waals surface area contributed by atoms with E-state index in [9.17, 15) is 18.0 Å². The van der Waals surface area contributed by atoms with Crippen LogP contribution in [-0.4, -0.2) is 33.2 Å². The van der Waals surface area contributed by atoms with E-state index in [1.165, 1.54) is 24.3 Å². The quantitative estimate of drug-likeness (QED) is 0.656. The van der Waals surface area contributed by atoms with Crippen molar-refractivity contribution in [2.75, 3.05) is 11.9 Å². The molecule has 1 amide bonds. The Kier molecular flexibility index (Phi) is 6.74. The van der Waals surface area contributed by atoms with Gasteiger partial charge in [-0.1, -0.05) is 13.8 Å². The number of ether oxygens (including phenoxy) is 2. The highest BCUT2D eigenvalue weighted by molar-refractivity contribution is 7.89. The Morgan fingerprint density at radius 3 is 2.58 bits per heavy atom. The predicted molar refractivity (Wildman–Crippen MR) is 94.5 cm³/mol. The monoisotopic (exact) mass is 384 g/mol. The summed E-state index contributed by atoms with van der Waals surface area (Å²) < 4.78 is 33.0. The third kappa shape index (κ3) is 6.08. The minimum Gasteiger partial charge on any atom is -0.436 e. The van der Waals surface area contributed by atoms with Crippen LogP contribution in [0, 0.1) is 11.8 Å². The van der Waals surface area contributed by atoms with Gasteiger partial charge in [0.15, 0.2) is 0 Å². The van der Waals surface area contributed by atoms with E-state index in [4.69, 9.17) is 14.6 Å². The minimum atomic E-state index is -3.77. The highest BCUT2D eigenvalue weighted by Crippen LogP contribution is 2.26. The molecule has 0 unspecified atom stereocenters. The van der Waals surface area contributed by atoms with Gasteiger partial charge in [0.05, 0.1) is 17.4 Å². The number of nitrogens with one attached hydrogen (secondary N) is 1. The Bertz CT molecular complexity index is 745. The van der Waals surface area contributed by atoms with E-state index in [-0.39, 0.29) is 29.1 Å². The van der Waals surface area contributed by atoms with E-state index in [2.05, 4.69) is 5.32 Å². The minimum absolute atomic E-state index is 0.0309. The summed E-state index contributed by atoms with van der Waals surface area (Å²) in [5.74, 6) is -0.626. The third-order valence-corrected chi connectivity index (χ3v) is 4.79. The van der Waals surface area contributed by atoms with Gasteiger partial charge in [-0.3, -0.25) is 9.59 Å². The van der Waals surface area contributed by atoms with Gasteiger partial charge in [-0.05, 0) is 36.6 Å². The van der Waals surface area contributed by atoms with Crippen LogP contribution < -0.4 is 10.5 Å². The molecule has 0 spiro atoms. The zero-order chi connectivity index (χ0) is 19.3. The van der Waals surface area contributed by atoms with Gasteiger partial charge in [0.1, 0.15) is 0 Å². The van der Waals surface area contributed by atoms with Crippen LogP contribution in [0.5, 0.6) is 0 Å². The lowest BCUT2D eigenvalue weighted by Gasteiger charge is -2.12. The predicted octanol–water partition coefficient (Wildman–Crippen LogP) is 1.61. The Balaban J connectivity index is 1.79. The van der Waals surface area contributed by atoms with E-state index in [1.807, 2.05) is 13.8 Å². The van der Waals surface area contributed by atoms with E-state index in [0.717, 1.165) is 0 Å². The molecule has 1 fully saturated rings. The Hall–Kier alpha value is -1.97. The second-order valence-electron chi connectivity index (χ2n) is 6.68. The number of hydrogen-bond acceptors (Lipinski definition) is 6. The zero-order valence-corrected chi connectivity index (χ0v) is 15.6. The van der Waals surface area contributed by atoms with Crippen molar-refractivity contribution in [3.05, 3.63) is 24.3 Å². The topological polar surface area (TPSA) is 125 Å². The van der Waals surface area contributed by atoms with Crippen molar-refractivity contribution in [2.24, 2.45) is 17.0 Å². The van der Waals surface area contributed by atoms with Gasteiger partial charge >= 0.3 is 5.97 Å². The molecule has 0 aliphatic carbocycles. The molecule has 8 nitrogen and oxygen atoms in total. The summed E-state index contributed by atoms with van der Waals surface area (Å²) in [6.45, 7) is 4.53. The molecule has 2 atom stereocenters. The maximum atomic E-state index is 12.0. The van der Waals surface area contributed by atoms with Gasteiger partial charge in [0, 0.05) is 18.5 Å². The van der Waals surface area contributed by atoms with Crippen LogP contribution in [0.2, 0.25) is 0 Å². The van der Waals surface area contributed by atoms with Crippen LogP contribution in [0.3, 0.4) is 0 Å². The van der Waals surface area contributed by atoms with Crippen molar-refractivity contribution in [3.8, 4) is 0 Å². The molecule has 0 radical (unpaired) electrons. The highest BCUT2D eigenvalue weighted by atomic mass is 32.2. The molecule has 0 saturated carbocycles. The molecule has 0 aromatic heterocycles. The van der Waals surface area contributed by atoms with Crippen LogP contribution in [0.1, 0.15) is 33.1 Å². The number of carbonyl (C=O) groups is 2. The number of primary sulfonamides is 1. The summed E-state index contributed by atoms with van der Waals surface area (Å²) >= 11 is 0. The van der Waals surface area contributed by atoms with Crippen molar-refractivity contribution < 1.29 is 27.5 Å². The molecule has 3 N–H and O–H groups in total. The molecule has 1 saturated heterocycles. The number of sulfonamides is 1. The van der Waals surface area contributed by atoms with Crippen LogP contribution in [0.4, 0.5) is 5.69 Å². The first-order valence-electron chi connectivity index (χ1n) is 8.40. The SMILES string of the molecule is CC(C)CO[C@@H]1C[C@@H](CCC(=O)Nc2ccc(S(N)(=O)=O)cc2)C(=O)O1. The molecule has 1 aliphatic rings. The Morgan fingerprint density at radius 1 is 1.35 bits per heavy atom. The van der Waals surface area contributed by atoms with Gasteiger partial charge in [0.2, 0.25) is 22.2 Å². The summed E-state index contributed by atoms with van der Waals surface area (Å²) in [7, 11) is -3.77. The van der Waals surface area contributed by atoms with Crippen LogP contribution >= 0.6 is 0 Å². The van der Waals surface area contributed by atoms with Crippen LogP contribution in [0.15, 0.2) is 29.2 Å². The van der Waals surface area contributed by atoms with Gasteiger partial charge < -0.3 is 14.8 Å². The zero-order valence-electron chi connectivity index (χ0n) is 14.8. The van der Waals surface area contributed by atoms with E-state index in [0.29, 0.717) is 31.1 Å². The van der Waals surface area contributed by atoms with Gasteiger partial charge in [-0.2, -0.15) is 0 Å². The number of anilines is 1. The molecule has 1 heterocycles. The maximum Gasteiger partial charge on any atom is 0.311 e. The van der Waals surface area contributed by atoms with E-state index in [1.54, 1.807) is 0 Å². The normalized spacial score (nSPS) is 20.2. The average molecular weight is 384 g/mol. The number of hydrogen-bond donors (Lipinski definition) is 2. The number of nitrogens with two attached hydrogens (primary N) is 1. The molecule has 1 aromatic carbocycles. The lowest BCUT2D eigenvalue weighted by atomic mass is 10.0. The highest BCUT2D eigenvalue weighted by Gasteiger charge is 2.35. The van der Waals surface area contributed by atoms with Crippen LogP contribution in [-0.2, 0) is 29.1 Å². The summed E-state index contributed by atoms with van der Waals surface area (Å²) in [6, 6.07) is 5.54. The Labute approximate surface area is 153 Å². The van der Waals surface area contributed by atoms with Gasteiger partial charge in [-0.25, -0.2) is 13.6 Å². The lowest BCUT2D eigenvalue weighted by molar-refractivity contribution is -0.165. The van der Waals surface area contributed by atoms with Gasteiger partial charge in [0.25, 0.3) is 0 Å². The number of esters is 1. The summed E-state index contributed by atoms with van der Waals surface area (Å²) in [4.78, 5) is 23.8. The summed E-state index contributed by atoms with van der Waals surface area (Å²) in [6.07, 6.45) is 0.417. The molecule has 9 heteroatoms. The number of carbonyl (C=O) groups excluding carboxylic acids is 2. The van der Waals surface area contributed by atoms with Crippen molar-refractivity contribution in [2.45, 2.75) is 44.3 Å². The van der Waals surface area contributed by atoms with E-state index >= 15 is 0 Å². The fraction of sp³-hybridized carbons (Fsp3) is 0.529. The molecular weight excluding hydrogens is 360 g/mol. The van der Waals surface area contributed by atoms with Crippen molar-refractivity contribution in [1.82, 2.24) is 0 Å². The van der Waals surface area contributed by atoms with Crippen LogP contribution in [0.25, 0.3) is 0 Å². The maximum absolute atomic E-state index is 12.0. The molecular formula is C17H24N2O6S. The first-order chi connectivity index (χ1) is 12.1. The second-order valence-corrected chi connectivity index (χ2v) is 8.24. The number of rotatable bonds is 8. The molecule has 1 aromatic rings. The standard InChI is InChI=1S/C17H24N2O6S/c1-11(2)10-24-16-9-12(17(21)25-16)3-8-15(20)19-13-4-6-14(7-5-13)26(18,22)23/h4-7,11-12,16H,3,8-10H2,1-2H3,(H,19,20)(H2,18,22,23)/t12-,16+/m1/s1. The van der Waals surface area contributed by atoms with Crippen molar-refractivity contribution in [3.63, 3.8) is 0 Å². The fourth-order valence-electron chi connectivity index (χ4n) is 2.50. The van der Waals surface area contributed by atoms with Crippen molar-refractivity contribution >= 4 is 27.6 Å². The number of amides is 1. The smallest absolute Gasteiger partial charge is 0.311 e. The lowest BCUT2D eigenvalue weighted by Crippen LogP contribution is -2.16. The van der Waals surface area contributed by atoms with E-state index < -0.39 is 16.3 Å². The van der Waals surface area contributed by atoms with Gasteiger partial charge in [-0.15, -0.1) is 0 Å². The Morgan fingerprint density at radius 2 is 2.00 bits per heavy atom. The molecule has 26 heavy (non-hydrogen) atoms. The fourth-order valence-corrected chi connectivity index (χ4v) is 3.01. The summed E-state index contributed by atoms with van der Waals surface area (Å²) in [5.41, 5.74) is 0.453. The summed E-state index contributed by atoms with van der Waals surface area (Å²) in [5, 5.41) is 7.67. The first-order valence-corrected chi connectivity index (χ1v) is 9.94. The second kappa shape index (κ2) is 8.61. The average Bonchev–Trinajstić information content (AvgIpc) is 2.91. The largest absolute Gasteiger partial charge is 0.436 e. The number of benzene rings is 1. The van der Waals surface area contributed by atoms with Crippen molar-refractivity contribution in [1.29, 1.82) is 0 Å². The number of cyclic esters (lactones) is 1. The molecule has 0 bridgehead atoms. The molecule has 2 rings (SSSR count). The molecule has 1 aliphatic heterocycles. The first kappa shape index (κ1) is 20.3. The third-order valence-electron chi connectivity index (χ3n) is 3.86. The molecule has 144 valence electrons.